The van der Waals surface area contributed by atoms with Gasteiger partial charge >= 0.3 is 0 Å². The van der Waals surface area contributed by atoms with E-state index in [1.807, 2.05) is 0 Å². The lowest BCUT2D eigenvalue weighted by atomic mass is 9.54. The normalized spacial score (nSPS) is 33.5. The Morgan fingerprint density at radius 3 is 2.42 bits per heavy atom. The van der Waals surface area contributed by atoms with Gasteiger partial charge in [0.15, 0.2) is 11.4 Å². The van der Waals surface area contributed by atoms with E-state index in [0.29, 0.717) is 18.5 Å². The molecule has 7 atom stereocenters. The average molecular weight is 557 g/mol. The minimum atomic E-state index is -2.99. The summed E-state index contributed by atoms with van der Waals surface area (Å²) in [6.07, 6.45) is -0.253. The van der Waals surface area contributed by atoms with Gasteiger partial charge in [0.05, 0.1) is 35.4 Å². The summed E-state index contributed by atoms with van der Waals surface area (Å²) < 4.78 is 0. The highest BCUT2D eigenvalue weighted by atomic mass is 16.4. The lowest BCUT2D eigenvalue weighted by Crippen LogP contribution is -2.70. The molecule has 3 unspecified atom stereocenters. The van der Waals surface area contributed by atoms with Gasteiger partial charge in [-0.05, 0) is 51.0 Å². The number of rotatable bonds is 4. The molecule has 13 heteroatoms. The molecule has 40 heavy (non-hydrogen) atoms. The zero-order chi connectivity index (χ0) is 29.4. The Labute approximate surface area is 229 Å². The standard InChI is InChI=1S/C27H32N4O9/c1-9-10-6-7-11(30-26(39)12-5-4-8-29-12)19(32)14(10)20(33)15-13(9)21(34)17-18(31(2)3)22(35)16(25(28)38)24(37)27(17,40)23(15)36/h6-7,9,12-13,17-18,21,29,32-34,37,40H,4-5,8H2,1-3H3,(H2,28,38)(H,30,39)/t9-,12-,13?,17?,18-,21?,27-/m0/s1. The van der Waals surface area contributed by atoms with Gasteiger partial charge in [-0.2, -0.15) is 0 Å². The summed E-state index contributed by atoms with van der Waals surface area (Å²) in [6.45, 7) is 2.31. The number of ketones is 2. The summed E-state index contributed by atoms with van der Waals surface area (Å²) in [5.74, 6) is -10.1. The van der Waals surface area contributed by atoms with Gasteiger partial charge in [-0.15, -0.1) is 0 Å². The number of phenolic OH excluding ortho intramolecular Hbond substituents is 1. The quantitative estimate of drug-likeness (QED) is 0.169. The summed E-state index contributed by atoms with van der Waals surface area (Å²) in [4.78, 5) is 53.3. The molecule has 2 amide bonds. The van der Waals surface area contributed by atoms with Crippen LogP contribution in [0.25, 0.3) is 5.76 Å². The van der Waals surface area contributed by atoms with E-state index in [2.05, 4.69) is 10.6 Å². The maximum absolute atomic E-state index is 14.0. The SMILES string of the molecule is C[C@H]1c2ccc(NC(=O)[C@@H]3CCCN3)c(O)c2C(O)=C2C(=O)[C@]3(O)C(O)=C(C(N)=O)C(=O)[C@@H](N(C)C)C3C(O)C21. The number of carbonyl (C=O) groups excluding carboxylic acids is 4. The van der Waals surface area contributed by atoms with Crippen molar-refractivity contribution < 1.29 is 44.7 Å². The van der Waals surface area contributed by atoms with Gasteiger partial charge in [-0.3, -0.25) is 24.1 Å². The van der Waals surface area contributed by atoms with Crippen LogP contribution in [0.15, 0.2) is 29.0 Å². The van der Waals surface area contributed by atoms with E-state index in [1.54, 1.807) is 13.0 Å². The predicted molar refractivity (Wildman–Crippen MR) is 140 cm³/mol. The number of benzene rings is 1. The highest BCUT2D eigenvalue weighted by Crippen LogP contribution is 2.56. The number of nitrogens with one attached hydrogen (secondary N) is 2. The number of phenols is 1. The summed E-state index contributed by atoms with van der Waals surface area (Å²) >= 11 is 0. The molecule has 0 aromatic heterocycles. The van der Waals surface area contributed by atoms with Crippen molar-refractivity contribution in [3.8, 4) is 5.75 Å². The number of aliphatic hydroxyl groups is 4. The molecule has 5 rings (SSSR count). The summed E-state index contributed by atoms with van der Waals surface area (Å²) in [5, 5.41) is 62.5. The maximum Gasteiger partial charge on any atom is 0.255 e. The molecule has 0 radical (unpaired) electrons. The largest absolute Gasteiger partial charge is 0.508 e. The molecule has 13 nitrogen and oxygen atoms in total. The van der Waals surface area contributed by atoms with Gasteiger partial charge in [0.2, 0.25) is 11.7 Å². The van der Waals surface area contributed by atoms with Crippen LogP contribution in [0.1, 0.15) is 36.8 Å². The van der Waals surface area contributed by atoms with Gasteiger partial charge < -0.3 is 41.9 Å². The average Bonchev–Trinajstić information content (AvgIpc) is 3.42. The Balaban J connectivity index is 1.68. The molecular formula is C27H32N4O9. The Morgan fingerprint density at radius 2 is 1.85 bits per heavy atom. The molecule has 1 aromatic carbocycles. The van der Waals surface area contributed by atoms with Crippen LogP contribution in [0.5, 0.6) is 5.75 Å². The van der Waals surface area contributed by atoms with Crippen LogP contribution in [0, 0.1) is 11.8 Å². The number of hydrogen-bond donors (Lipinski definition) is 8. The van der Waals surface area contributed by atoms with Crippen LogP contribution in [-0.4, -0.2) is 98.2 Å². The molecule has 1 heterocycles. The molecule has 0 bridgehead atoms. The molecule has 4 aliphatic rings. The number of primary amides is 1. The fourth-order valence-corrected chi connectivity index (χ4v) is 6.85. The zero-order valence-corrected chi connectivity index (χ0v) is 22.1. The fourth-order valence-electron chi connectivity index (χ4n) is 6.85. The third-order valence-electron chi connectivity index (χ3n) is 8.76. The van der Waals surface area contributed by atoms with E-state index in [4.69, 9.17) is 5.73 Å². The first-order chi connectivity index (χ1) is 18.7. The van der Waals surface area contributed by atoms with Crippen LogP contribution in [0.3, 0.4) is 0 Å². The van der Waals surface area contributed by atoms with Crippen LogP contribution in [-0.2, 0) is 19.2 Å². The lowest BCUT2D eigenvalue weighted by molar-refractivity contribution is -0.169. The lowest BCUT2D eigenvalue weighted by Gasteiger charge is -2.53. The first-order valence-corrected chi connectivity index (χ1v) is 13.0. The summed E-state index contributed by atoms with van der Waals surface area (Å²) in [6, 6.07) is 1.11. The first-order valence-electron chi connectivity index (χ1n) is 13.0. The molecule has 1 saturated heterocycles. The molecule has 9 N–H and O–H groups in total. The van der Waals surface area contributed by atoms with Crippen LogP contribution < -0.4 is 16.4 Å². The van der Waals surface area contributed by atoms with Crippen LogP contribution >= 0.6 is 0 Å². The van der Waals surface area contributed by atoms with Gasteiger partial charge in [-0.1, -0.05) is 13.0 Å². The number of carbonyl (C=O) groups is 4. The van der Waals surface area contributed by atoms with Crippen molar-refractivity contribution in [1.29, 1.82) is 0 Å². The van der Waals surface area contributed by atoms with Crippen LogP contribution in [0.2, 0.25) is 0 Å². The summed E-state index contributed by atoms with van der Waals surface area (Å²) in [7, 11) is 2.89. The minimum absolute atomic E-state index is 0.0228. The number of nitrogens with zero attached hydrogens (tertiary/aromatic N) is 1. The van der Waals surface area contributed by atoms with Crippen LogP contribution in [0.4, 0.5) is 5.69 Å². The second-order valence-corrected chi connectivity index (χ2v) is 11.1. The predicted octanol–water partition coefficient (Wildman–Crippen LogP) is -0.814. The molecule has 3 aliphatic carbocycles. The van der Waals surface area contributed by atoms with E-state index in [0.717, 1.165) is 6.42 Å². The molecule has 214 valence electrons. The highest BCUT2D eigenvalue weighted by molar-refractivity contribution is 6.24. The van der Waals surface area contributed by atoms with E-state index in [1.165, 1.54) is 25.1 Å². The maximum atomic E-state index is 14.0. The third-order valence-corrected chi connectivity index (χ3v) is 8.76. The number of Topliss-reactive ketones (excluding diaryl/α,β-unsaturated/α-hetero) is 2. The molecule has 2 fully saturated rings. The van der Waals surface area contributed by atoms with Crippen molar-refractivity contribution in [2.45, 2.75) is 49.5 Å². The van der Waals surface area contributed by atoms with E-state index in [9.17, 15) is 44.7 Å². The van der Waals surface area contributed by atoms with Crippen molar-refractivity contribution >= 4 is 34.8 Å². The number of aliphatic hydroxyl groups excluding tert-OH is 3. The second kappa shape index (κ2) is 9.41. The molecular weight excluding hydrogens is 524 g/mol. The fraction of sp³-hybridized carbons (Fsp3) is 0.481. The minimum Gasteiger partial charge on any atom is -0.508 e. The second-order valence-electron chi connectivity index (χ2n) is 11.1. The third kappa shape index (κ3) is 3.61. The van der Waals surface area contributed by atoms with Gasteiger partial charge in [0.25, 0.3) is 5.91 Å². The highest BCUT2D eigenvalue weighted by Gasteiger charge is 2.68. The molecule has 1 aliphatic heterocycles. The van der Waals surface area contributed by atoms with Gasteiger partial charge in [-0.25, -0.2) is 0 Å². The van der Waals surface area contributed by atoms with Crippen molar-refractivity contribution in [2.24, 2.45) is 17.6 Å². The van der Waals surface area contributed by atoms with Crippen molar-refractivity contribution in [1.82, 2.24) is 10.2 Å². The molecule has 1 aromatic rings. The number of anilines is 1. The van der Waals surface area contributed by atoms with Crippen molar-refractivity contribution in [2.75, 3.05) is 26.0 Å². The molecule has 1 saturated carbocycles. The van der Waals surface area contributed by atoms with E-state index >= 15 is 0 Å². The zero-order valence-electron chi connectivity index (χ0n) is 22.1. The summed E-state index contributed by atoms with van der Waals surface area (Å²) in [5.41, 5.74) is 0.999. The Bertz CT molecular complexity index is 1410. The number of nitrogens with two attached hydrogens (primary N) is 1. The monoisotopic (exact) mass is 556 g/mol. The van der Waals surface area contributed by atoms with E-state index < -0.39 is 93.3 Å². The Hall–Kier alpha value is -3.78. The van der Waals surface area contributed by atoms with Gasteiger partial charge in [0, 0.05) is 11.5 Å². The topological polar surface area (TPSA) is 223 Å². The first kappa shape index (κ1) is 27.8. The number of amides is 2. The molecule has 0 spiro atoms. The Morgan fingerprint density at radius 1 is 1.18 bits per heavy atom. The number of likely N-dealkylation sites (N-methyl/N-ethyl adjacent to an activating group) is 1. The Kier molecular flexibility index (Phi) is 6.53. The number of aromatic hydroxyl groups is 1. The van der Waals surface area contributed by atoms with Gasteiger partial charge in [0.1, 0.15) is 22.8 Å². The van der Waals surface area contributed by atoms with E-state index in [-0.39, 0.29) is 11.3 Å². The van der Waals surface area contributed by atoms with Crippen molar-refractivity contribution in [3.63, 3.8) is 0 Å². The smallest absolute Gasteiger partial charge is 0.255 e. The van der Waals surface area contributed by atoms with Crippen molar-refractivity contribution in [3.05, 3.63) is 40.2 Å². The number of fused-ring (bicyclic) bond motifs is 3. The number of hydrogen-bond acceptors (Lipinski definition) is 11.